The number of thiophene rings is 1. The summed E-state index contributed by atoms with van der Waals surface area (Å²) >= 11 is 1.46. The van der Waals surface area contributed by atoms with Gasteiger partial charge in [-0.25, -0.2) is 4.85 Å². The fourth-order valence-electron chi connectivity index (χ4n) is 4.86. The Balaban J connectivity index is 1.59. The summed E-state index contributed by atoms with van der Waals surface area (Å²) in [5.74, 6) is 0.193. The average molecular weight is 460 g/mol. The summed E-state index contributed by atoms with van der Waals surface area (Å²) in [4.78, 5) is 9.54. The molecule has 6 heteroatoms. The highest BCUT2D eigenvalue weighted by molar-refractivity contribution is 7.16. The molecule has 0 N–H and O–H groups in total. The van der Waals surface area contributed by atoms with Crippen LogP contribution in [0.5, 0.6) is 0 Å². The van der Waals surface area contributed by atoms with Gasteiger partial charge < -0.3 is 4.90 Å². The molecule has 0 saturated carbocycles. The molecular weight excluding hydrogens is 426 g/mol. The molecule has 1 fully saturated rings. The molecule has 1 aliphatic heterocycles. The van der Waals surface area contributed by atoms with Gasteiger partial charge in [0.05, 0.1) is 24.1 Å². The molecular formula is C27H33N5S. The van der Waals surface area contributed by atoms with Crippen LogP contribution in [0.25, 0.3) is 4.85 Å². The highest BCUT2D eigenvalue weighted by Crippen LogP contribution is 2.42. The van der Waals surface area contributed by atoms with Crippen LogP contribution in [-0.2, 0) is 12.0 Å². The highest BCUT2D eigenvalue weighted by atomic mass is 32.1. The first kappa shape index (κ1) is 24.9. The molecule has 1 aromatic carbocycles. The standard InChI is InChI=1S/C27H33N5S/c1-22(2)27(21-29,25-11-12-26(30-3)33-25)14-7-16-31-18-13-24(20-31)32(17-8-15-28)19-23-9-5-4-6-10-23/h4-6,9-12,22,24H,7-8,13-14,16-20H2,1-2H3/t24-,27?/m1/s1. The van der Waals surface area contributed by atoms with Gasteiger partial charge >= 0.3 is 0 Å². The Morgan fingerprint density at radius 3 is 2.67 bits per heavy atom. The summed E-state index contributed by atoms with van der Waals surface area (Å²) in [5, 5.41) is 19.9. The zero-order valence-electron chi connectivity index (χ0n) is 19.7. The lowest BCUT2D eigenvalue weighted by atomic mass is 9.73. The minimum Gasteiger partial charge on any atom is -0.302 e. The van der Waals surface area contributed by atoms with Crippen LogP contribution in [0.3, 0.4) is 0 Å². The number of likely N-dealkylation sites (tertiary alicyclic amines) is 1. The van der Waals surface area contributed by atoms with Crippen LogP contribution < -0.4 is 0 Å². The quantitative estimate of drug-likeness (QED) is 0.388. The van der Waals surface area contributed by atoms with Crippen molar-refractivity contribution in [1.82, 2.24) is 9.80 Å². The Hall–Kier alpha value is -2.69. The molecule has 172 valence electrons. The molecule has 1 aliphatic rings. The third kappa shape index (κ3) is 6.21. The van der Waals surface area contributed by atoms with E-state index >= 15 is 0 Å². The SMILES string of the molecule is [C-]#[N+]c1ccc(C(C#N)(CCCN2CC[C@@H](N(CCC#N)Cc3ccccc3)C2)C(C)C)s1. The van der Waals surface area contributed by atoms with Crippen LogP contribution in [0.1, 0.15) is 50.0 Å². The van der Waals surface area contributed by atoms with Crippen LogP contribution in [-0.4, -0.2) is 42.0 Å². The highest BCUT2D eigenvalue weighted by Gasteiger charge is 2.37. The lowest BCUT2D eigenvalue weighted by Crippen LogP contribution is -2.38. The number of nitriles is 2. The van der Waals surface area contributed by atoms with Gasteiger partial charge in [-0.2, -0.15) is 21.9 Å². The molecule has 1 aromatic heterocycles. The minimum atomic E-state index is -0.529. The largest absolute Gasteiger partial charge is 0.302 e. The van der Waals surface area contributed by atoms with Crippen molar-refractivity contribution in [1.29, 1.82) is 10.5 Å². The summed E-state index contributed by atoms with van der Waals surface area (Å²) in [6.07, 6.45) is 3.43. The van der Waals surface area contributed by atoms with Crippen LogP contribution in [0.4, 0.5) is 5.00 Å². The molecule has 1 unspecified atom stereocenters. The number of nitrogens with zero attached hydrogens (tertiary/aromatic N) is 5. The molecule has 1 saturated heterocycles. The van der Waals surface area contributed by atoms with Crippen LogP contribution >= 0.6 is 11.3 Å². The van der Waals surface area contributed by atoms with E-state index in [0.29, 0.717) is 17.5 Å². The van der Waals surface area contributed by atoms with Crippen LogP contribution in [0.15, 0.2) is 42.5 Å². The molecule has 0 aliphatic carbocycles. The second-order valence-corrected chi connectivity index (χ2v) is 10.3. The third-order valence-corrected chi connectivity index (χ3v) is 8.03. The molecule has 2 aromatic rings. The van der Waals surface area contributed by atoms with Gasteiger partial charge in [0.15, 0.2) is 0 Å². The van der Waals surface area contributed by atoms with Gasteiger partial charge in [-0.15, -0.1) is 0 Å². The van der Waals surface area contributed by atoms with Gasteiger partial charge in [0.25, 0.3) is 0 Å². The van der Waals surface area contributed by atoms with Crippen molar-refractivity contribution in [2.24, 2.45) is 5.92 Å². The maximum Gasteiger partial charge on any atom is 0.241 e. The fourth-order valence-corrected chi connectivity index (χ4v) is 5.97. The molecule has 0 bridgehead atoms. The van der Waals surface area contributed by atoms with E-state index in [1.807, 2.05) is 18.2 Å². The Morgan fingerprint density at radius 2 is 2.03 bits per heavy atom. The van der Waals surface area contributed by atoms with Gasteiger partial charge in [-0.05, 0) is 49.9 Å². The smallest absolute Gasteiger partial charge is 0.241 e. The lowest BCUT2D eigenvalue weighted by Gasteiger charge is -2.31. The van der Waals surface area contributed by atoms with E-state index in [9.17, 15) is 5.26 Å². The Bertz CT molecular complexity index is 1010. The van der Waals surface area contributed by atoms with Crippen LogP contribution in [0.2, 0.25) is 0 Å². The van der Waals surface area contributed by atoms with Crippen LogP contribution in [0, 0.1) is 35.2 Å². The second-order valence-electron chi connectivity index (χ2n) is 9.20. The van der Waals surface area contributed by atoms with Crippen molar-refractivity contribution in [2.75, 3.05) is 26.2 Å². The van der Waals surface area contributed by atoms with E-state index in [2.05, 4.69) is 64.9 Å². The van der Waals surface area contributed by atoms with Crippen molar-refractivity contribution in [3.8, 4) is 12.1 Å². The molecule has 0 amide bonds. The molecule has 2 heterocycles. The van der Waals surface area contributed by atoms with Crippen molar-refractivity contribution in [3.63, 3.8) is 0 Å². The van der Waals surface area contributed by atoms with E-state index in [-0.39, 0.29) is 5.92 Å². The van der Waals surface area contributed by atoms with E-state index in [0.717, 1.165) is 56.9 Å². The number of hydrogen-bond acceptors (Lipinski definition) is 5. The van der Waals surface area contributed by atoms with Crippen molar-refractivity contribution in [2.45, 2.75) is 57.5 Å². The van der Waals surface area contributed by atoms with Gasteiger partial charge in [0.2, 0.25) is 5.00 Å². The van der Waals surface area contributed by atoms with E-state index in [1.165, 1.54) is 16.9 Å². The number of hydrogen-bond donors (Lipinski definition) is 0. The van der Waals surface area contributed by atoms with E-state index in [4.69, 9.17) is 11.8 Å². The summed E-state index contributed by atoms with van der Waals surface area (Å²) < 4.78 is 0. The van der Waals surface area contributed by atoms with Gasteiger partial charge in [-0.1, -0.05) is 50.2 Å². The average Bonchev–Trinajstić information content (AvgIpc) is 3.50. The molecule has 2 atom stereocenters. The first-order valence-corrected chi connectivity index (χ1v) is 12.6. The minimum absolute atomic E-state index is 0.193. The fraction of sp³-hybridized carbons (Fsp3) is 0.519. The predicted octanol–water partition coefficient (Wildman–Crippen LogP) is 5.99. The maximum absolute atomic E-state index is 10.1. The van der Waals surface area contributed by atoms with Gasteiger partial charge in [-0.3, -0.25) is 4.90 Å². The first-order chi connectivity index (χ1) is 16.0. The summed E-state index contributed by atoms with van der Waals surface area (Å²) in [5.41, 5.74) is 0.762. The van der Waals surface area contributed by atoms with Gasteiger partial charge in [0.1, 0.15) is 0 Å². The summed E-state index contributed by atoms with van der Waals surface area (Å²) in [6, 6.07) is 19.7. The first-order valence-electron chi connectivity index (χ1n) is 11.8. The molecule has 33 heavy (non-hydrogen) atoms. The summed E-state index contributed by atoms with van der Waals surface area (Å²) in [6.45, 7) is 16.2. The number of rotatable bonds is 11. The Kier molecular flexibility index (Phi) is 9.04. The Morgan fingerprint density at radius 1 is 1.24 bits per heavy atom. The second kappa shape index (κ2) is 12.0. The predicted molar refractivity (Wildman–Crippen MR) is 134 cm³/mol. The van der Waals surface area contributed by atoms with Gasteiger partial charge in [0, 0.05) is 37.0 Å². The number of benzene rings is 1. The monoisotopic (exact) mass is 459 g/mol. The van der Waals surface area contributed by atoms with Crippen molar-refractivity contribution >= 4 is 16.3 Å². The topological polar surface area (TPSA) is 58.4 Å². The maximum atomic E-state index is 10.1. The molecule has 0 spiro atoms. The Labute approximate surface area is 202 Å². The molecule has 5 nitrogen and oxygen atoms in total. The summed E-state index contributed by atoms with van der Waals surface area (Å²) in [7, 11) is 0. The normalized spacial score (nSPS) is 18.0. The van der Waals surface area contributed by atoms with Crippen molar-refractivity contribution in [3.05, 3.63) is 64.3 Å². The molecule has 3 rings (SSSR count). The van der Waals surface area contributed by atoms with Crippen molar-refractivity contribution < 1.29 is 0 Å². The molecule has 0 radical (unpaired) electrons. The third-order valence-electron chi connectivity index (χ3n) is 6.88. The van der Waals surface area contributed by atoms with E-state index < -0.39 is 5.41 Å². The zero-order valence-corrected chi connectivity index (χ0v) is 20.5. The zero-order chi connectivity index (χ0) is 23.7. The van der Waals surface area contributed by atoms with E-state index in [1.54, 1.807) is 0 Å². The lowest BCUT2D eigenvalue weighted by molar-refractivity contribution is 0.186.